The van der Waals surface area contributed by atoms with Crippen molar-refractivity contribution in [1.29, 1.82) is 0 Å². The van der Waals surface area contributed by atoms with Crippen LogP contribution in [0.5, 0.6) is 11.5 Å². The van der Waals surface area contributed by atoms with E-state index in [0.29, 0.717) is 0 Å². The van der Waals surface area contributed by atoms with Gasteiger partial charge in [-0.15, -0.1) is 0 Å². The zero-order chi connectivity index (χ0) is 25.8. The molecule has 2 heteroatoms. The maximum atomic E-state index is 6.51. The summed E-state index contributed by atoms with van der Waals surface area (Å²) in [7, 11) is -0.732. The first-order valence-electron chi connectivity index (χ1n) is 13.4. The molecule has 39 heavy (non-hydrogen) atoms. The van der Waals surface area contributed by atoms with E-state index in [-0.39, 0.29) is 0 Å². The summed E-state index contributed by atoms with van der Waals surface area (Å²) in [6.07, 6.45) is 0. The number of hydrogen-bond acceptors (Lipinski definition) is 1. The highest BCUT2D eigenvalue weighted by molar-refractivity contribution is 7.79. The molecule has 0 saturated carbocycles. The van der Waals surface area contributed by atoms with E-state index in [1.165, 1.54) is 49.3 Å². The van der Waals surface area contributed by atoms with Crippen LogP contribution in [0.1, 0.15) is 22.3 Å². The van der Waals surface area contributed by atoms with Crippen molar-refractivity contribution in [1.82, 2.24) is 0 Å². The molecule has 0 atom stereocenters. The van der Waals surface area contributed by atoms with Crippen molar-refractivity contribution in [3.8, 4) is 22.6 Å². The van der Waals surface area contributed by atoms with Crippen LogP contribution in [0.4, 0.5) is 0 Å². The average molecular weight is 517 g/mol. The lowest BCUT2D eigenvalue weighted by molar-refractivity contribution is 0.436. The third kappa shape index (κ3) is 3.24. The molecule has 1 heterocycles. The summed E-state index contributed by atoms with van der Waals surface area (Å²) in [5.41, 5.74) is 7.23. The zero-order valence-electron chi connectivity index (χ0n) is 21.3. The standard InChI is InChI=1S/C37H25OP/c1-3-13-26(14-4-1)39(27-15-5-2-6-16-27)28-23-24-30-29-17-7-8-18-31(29)37(34(30)25-28)32-19-9-11-21-35(32)38-36-22-12-10-20-33(36)37/h1-25H. The summed E-state index contributed by atoms with van der Waals surface area (Å²) in [6.45, 7) is 0. The smallest absolute Gasteiger partial charge is 0.132 e. The molecule has 0 fully saturated rings. The number of para-hydroxylation sites is 2. The molecule has 0 radical (unpaired) electrons. The largest absolute Gasteiger partial charge is 0.457 e. The summed E-state index contributed by atoms with van der Waals surface area (Å²) in [5, 5.41) is 4.07. The van der Waals surface area contributed by atoms with E-state index in [9.17, 15) is 0 Å². The average Bonchev–Trinajstić information content (AvgIpc) is 3.29. The maximum Gasteiger partial charge on any atom is 0.132 e. The van der Waals surface area contributed by atoms with Gasteiger partial charge in [0.05, 0.1) is 5.41 Å². The van der Waals surface area contributed by atoms with E-state index in [4.69, 9.17) is 4.74 Å². The van der Waals surface area contributed by atoms with Crippen LogP contribution in [0.3, 0.4) is 0 Å². The van der Waals surface area contributed by atoms with Crippen LogP contribution >= 0.6 is 7.92 Å². The van der Waals surface area contributed by atoms with E-state index >= 15 is 0 Å². The predicted molar refractivity (Wildman–Crippen MR) is 163 cm³/mol. The van der Waals surface area contributed by atoms with Crippen LogP contribution in [0.2, 0.25) is 0 Å². The first-order valence-corrected chi connectivity index (χ1v) is 14.7. The minimum Gasteiger partial charge on any atom is -0.457 e. The van der Waals surface area contributed by atoms with Crippen LogP contribution < -0.4 is 20.7 Å². The molecule has 6 aromatic carbocycles. The molecule has 6 aromatic rings. The van der Waals surface area contributed by atoms with Gasteiger partial charge in [0.15, 0.2) is 0 Å². The minimum absolute atomic E-state index is 0.443. The Bertz CT molecular complexity index is 1760. The van der Waals surface area contributed by atoms with Gasteiger partial charge in [-0.2, -0.15) is 0 Å². The van der Waals surface area contributed by atoms with Crippen LogP contribution in [-0.4, -0.2) is 0 Å². The molecule has 1 nitrogen and oxygen atoms in total. The number of rotatable bonds is 3. The van der Waals surface area contributed by atoms with Crippen molar-refractivity contribution in [2.45, 2.75) is 5.41 Å². The number of benzene rings is 6. The molecule has 0 bridgehead atoms. The Morgan fingerprint density at radius 1 is 0.385 bits per heavy atom. The van der Waals surface area contributed by atoms with Gasteiger partial charge in [-0.05, 0) is 64.3 Å². The zero-order valence-corrected chi connectivity index (χ0v) is 22.2. The van der Waals surface area contributed by atoms with Crippen molar-refractivity contribution in [3.63, 3.8) is 0 Å². The van der Waals surface area contributed by atoms with Crippen LogP contribution in [-0.2, 0) is 5.41 Å². The summed E-state index contributed by atoms with van der Waals surface area (Å²) >= 11 is 0. The van der Waals surface area contributed by atoms with Gasteiger partial charge in [-0.25, -0.2) is 0 Å². The quantitative estimate of drug-likeness (QED) is 0.217. The molecule has 2 aliphatic rings. The highest BCUT2D eigenvalue weighted by Gasteiger charge is 2.51. The van der Waals surface area contributed by atoms with E-state index in [1.54, 1.807) is 0 Å². The Labute approximate surface area is 230 Å². The summed E-state index contributed by atoms with van der Waals surface area (Å²) in [5.74, 6) is 1.86. The van der Waals surface area contributed by atoms with Gasteiger partial charge in [0.25, 0.3) is 0 Å². The second kappa shape index (κ2) is 8.80. The lowest BCUT2D eigenvalue weighted by atomic mass is 9.66. The Morgan fingerprint density at radius 2 is 0.872 bits per heavy atom. The van der Waals surface area contributed by atoms with Gasteiger partial charge >= 0.3 is 0 Å². The molecule has 1 aliphatic heterocycles. The Kier molecular flexibility index (Phi) is 5.08. The first kappa shape index (κ1) is 22.5. The Hall–Kier alpha value is -4.45. The molecule has 1 aliphatic carbocycles. The molecule has 0 amide bonds. The van der Waals surface area contributed by atoms with Crippen molar-refractivity contribution in [2.75, 3.05) is 0 Å². The van der Waals surface area contributed by atoms with E-state index < -0.39 is 13.3 Å². The molecule has 0 saturated heterocycles. The first-order chi connectivity index (χ1) is 19.4. The number of fused-ring (bicyclic) bond motifs is 9. The van der Waals surface area contributed by atoms with Crippen molar-refractivity contribution in [2.24, 2.45) is 0 Å². The second-order valence-electron chi connectivity index (χ2n) is 10.1. The number of hydrogen-bond donors (Lipinski definition) is 0. The summed E-state index contributed by atoms with van der Waals surface area (Å²) in [4.78, 5) is 0. The van der Waals surface area contributed by atoms with E-state index in [1.807, 2.05) is 0 Å². The fourth-order valence-electron chi connectivity index (χ4n) is 6.58. The van der Waals surface area contributed by atoms with Gasteiger partial charge in [0.1, 0.15) is 11.5 Å². The van der Waals surface area contributed by atoms with Crippen LogP contribution in [0.15, 0.2) is 152 Å². The lowest BCUT2D eigenvalue weighted by Gasteiger charge is -2.39. The fourth-order valence-corrected chi connectivity index (χ4v) is 8.90. The van der Waals surface area contributed by atoms with Crippen molar-refractivity contribution in [3.05, 3.63) is 174 Å². The van der Waals surface area contributed by atoms with Gasteiger partial charge < -0.3 is 4.74 Å². The monoisotopic (exact) mass is 516 g/mol. The SMILES string of the molecule is c1ccc(P(c2ccccc2)c2ccc3c(c2)C2(c4ccccc4Oc4ccccc42)c2ccccc2-3)cc1. The van der Waals surface area contributed by atoms with Gasteiger partial charge in [0, 0.05) is 11.1 Å². The minimum atomic E-state index is -0.732. The molecule has 1 spiro atoms. The van der Waals surface area contributed by atoms with Crippen molar-refractivity contribution >= 4 is 23.8 Å². The van der Waals surface area contributed by atoms with Gasteiger partial charge in [0.2, 0.25) is 0 Å². The summed E-state index contributed by atoms with van der Waals surface area (Å²) in [6, 6.07) is 55.2. The molecule has 8 rings (SSSR count). The third-order valence-corrected chi connectivity index (χ3v) is 10.5. The topological polar surface area (TPSA) is 9.23 Å². The maximum absolute atomic E-state index is 6.51. The molecule has 0 N–H and O–H groups in total. The Morgan fingerprint density at radius 3 is 1.49 bits per heavy atom. The molecular formula is C37H25OP. The van der Waals surface area contributed by atoms with E-state index in [2.05, 4.69) is 152 Å². The van der Waals surface area contributed by atoms with Crippen LogP contribution in [0.25, 0.3) is 11.1 Å². The highest BCUT2D eigenvalue weighted by atomic mass is 31.1. The third-order valence-electron chi connectivity index (χ3n) is 8.12. The number of ether oxygens (including phenoxy) is 1. The van der Waals surface area contributed by atoms with E-state index in [0.717, 1.165) is 11.5 Å². The lowest BCUT2D eigenvalue weighted by Crippen LogP contribution is -2.33. The summed E-state index contributed by atoms with van der Waals surface area (Å²) < 4.78 is 6.51. The molecule has 184 valence electrons. The Balaban J connectivity index is 1.46. The van der Waals surface area contributed by atoms with Crippen molar-refractivity contribution < 1.29 is 4.74 Å². The molecule has 0 aromatic heterocycles. The normalized spacial score (nSPS) is 13.8. The second-order valence-corrected chi connectivity index (χ2v) is 12.3. The van der Waals surface area contributed by atoms with Gasteiger partial charge in [-0.1, -0.05) is 133 Å². The predicted octanol–water partition coefficient (Wildman–Crippen LogP) is 7.91. The molecule has 0 unspecified atom stereocenters. The fraction of sp³-hybridized carbons (Fsp3) is 0.0270. The van der Waals surface area contributed by atoms with Gasteiger partial charge in [-0.3, -0.25) is 0 Å². The molecular weight excluding hydrogens is 491 g/mol. The highest BCUT2D eigenvalue weighted by Crippen LogP contribution is 2.62. The van der Waals surface area contributed by atoms with Crippen LogP contribution in [0, 0.1) is 0 Å².